The van der Waals surface area contributed by atoms with E-state index in [4.69, 9.17) is 5.11 Å². The van der Waals surface area contributed by atoms with Gasteiger partial charge in [-0.25, -0.2) is 9.18 Å². The van der Waals surface area contributed by atoms with Crippen molar-refractivity contribution in [1.82, 2.24) is 0 Å². The van der Waals surface area contributed by atoms with Crippen molar-refractivity contribution in [3.63, 3.8) is 0 Å². The molecular weight excluding hydrogens is 228 g/mol. The number of rotatable bonds is 2. The Hall–Kier alpha value is -1.85. The minimum Gasteiger partial charge on any atom is -0.478 e. The number of carboxylic acids is 1. The molecule has 0 aliphatic carbocycles. The summed E-state index contributed by atoms with van der Waals surface area (Å²) in [5.74, 6) is -2.91. The molecular formula is C10H6F4O2. The lowest BCUT2D eigenvalue weighted by molar-refractivity contribution is -0.140. The predicted octanol–water partition coefficient (Wildman–Crippen LogP) is 2.94. The first-order valence-corrected chi connectivity index (χ1v) is 4.03. The van der Waals surface area contributed by atoms with Gasteiger partial charge in [-0.15, -0.1) is 0 Å². The highest BCUT2D eigenvalue weighted by Gasteiger charge is 2.34. The van der Waals surface area contributed by atoms with Crippen molar-refractivity contribution in [3.8, 4) is 0 Å². The number of halogens is 4. The molecule has 0 spiro atoms. The lowest BCUT2D eigenvalue weighted by Gasteiger charge is -2.09. The fourth-order valence-corrected chi connectivity index (χ4v) is 1.05. The Kier molecular flexibility index (Phi) is 3.02. The minimum absolute atomic E-state index is 0.277. The van der Waals surface area contributed by atoms with Gasteiger partial charge >= 0.3 is 12.1 Å². The maximum absolute atomic E-state index is 12.8. The summed E-state index contributed by atoms with van der Waals surface area (Å²) in [5.41, 5.74) is -2.31. The quantitative estimate of drug-likeness (QED) is 0.631. The highest BCUT2D eigenvalue weighted by molar-refractivity contribution is 6.14. The first-order valence-electron chi connectivity index (χ1n) is 4.03. The molecule has 0 aliphatic rings. The molecule has 0 atom stereocenters. The summed E-state index contributed by atoms with van der Waals surface area (Å²) >= 11 is 0. The molecule has 0 heterocycles. The van der Waals surface area contributed by atoms with E-state index in [-0.39, 0.29) is 5.56 Å². The molecule has 86 valence electrons. The molecule has 0 amide bonds. The standard InChI is InChI=1S/C10H6F4O2/c1-5(9(15)16)6-2-3-8(11)7(4-6)10(12,13)14/h2-4H,1H2,(H,15,16). The summed E-state index contributed by atoms with van der Waals surface area (Å²) in [4.78, 5) is 10.5. The summed E-state index contributed by atoms with van der Waals surface area (Å²) in [6.07, 6.45) is -4.86. The molecule has 16 heavy (non-hydrogen) atoms. The van der Waals surface area contributed by atoms with E-state index in [9.17, 15) is 22.4 Å². The number of alkyl halides is 3. The van der Waals surface area contributed by atoms with Gasteiger partial charge in [0.2, 0.25) is 0 Å². The van der Waals surface area contributed by atoms with Crippen LogP contribution in [0.5, 0.6) is 0 Å². The number of hydrogen-bond donors (Lipinski definition) is 1. The van der Waals surface area contributed by atoms with Gasteiger partial charge in [-0.2, -0.15) is 13.2 Å². The van der Waals surface area contributed by atoms with Crippen LogP contribution < -0.4 is 0 Å². The van der Waals surface area contributed by atoms with Crippen LogP contribution in [-0.4, -0.2) is 11.1 Å². The van der Waals surface area contributed by atoms with Gasteiger partial charge in [-0.05, 0) is 17.7 Å². The second-order valence-electron chi connectivity index (χ2n) is 2.98. The summed E-state index contributed by atoms with van der Waals surface area (Å²) in [6, 6.07) is 1.92. The van der Waals surface area contributed by atoms with E-state index in [1.165, 1.54) is 0 Å². The van der Waals surface area contributed by atoms with Crippen molar-refractivity contribution in [3.05, 3.63) is 41.7 Å². The van der Waals surface area contributed by atoms with Gasteiger partial charge < -0.3 is 5.11 Å². The number of carboxylic acid groups (broad SMARTS) is 1. The molecule has 1 aromatic rings. The van der Waals surface area contributed by atoms with Crippen LogP contribution in [0, 0.1) is 5.82 Å². The maximum atomic E-state index is 12.8. The average molecular weight is 234 g/mol. The Bertz CT molecular complexity index is 449. The molecule has 0 saturated heterocycles. The highest BCUT2D eigenvalue weighted by atomic mass is 19.4. The van der Waals surface area contributed by atoms with Crippen molar-refractivity contribution in [2.45, 2.75) is 6.18 Å². The van der Waals surface area contributed by atoms with E-state index in [2.05, 4.69) is 6.58 Å². The molecule has 0 aliphatic heterocycles. The van der Waals surface area contributed by atoms with Crippen molar-refractivity contribution < 1.29 is 27.5 Å². The van der Waals surface area contributed by atoms with Crippen LogP contribution in [0.2, 0.25) is 0 Å². The fourth-order valence-electron chi connectivity index (χ4n) is 1.05. The Morgan fingerprint density at radius 2 is 1.88 bits per heavy atom. The lowest BCUT2D eigenvalue weighted by Crippen LogP contribution is -2.09. The van der Waals surface area contributed by atoms with Gasteiger partial charge in [0.05, 0.1) is 11.1 Å². The molecule has 1 rings (SSSR count). The molecule has 1 N–H and O–H groups in total. The van der Waals surface area contributed by atoms with Crippen molar-refractivity contribution >= 4 is 11.5 Å². The molecule has 1 aromatic carbocycles. The third-order valence-electron chi connectivity index (χ3n) is 1.88. The van der Waals surface area contributed by atoms with Crippen LogP contribution in [0.4, 0.5) is 17.6 Å². The molecule has 6 heteroatoms. The summed E-state index contributed by atoms with van der Waals surface area (Å²) < 4.78 is 49.7. The number of aliphatic carboxylic acids is 1. The first kappa shape index (κ1) is 12.2. The second-order valence-corrected chi connectivity index (χ2v) is 2.98. The smallest absolute Gasteiger partial charge is 0.419 e. The minimum atomic E-state index is -4.86. The Balaban J connectivity index is 3.28. The monoisotopic (exact) mass is 234 g/mol. The van der Waals surface area contributed by atoms with Crippen LogP contribution in [0.3, 0.4) is 0 Å². The molecule has 0 fully saturated rings. The van der Waals surface area contributed by atoms with E-state index in [0.29, 0.717) is 12.1 Å². The average Bonchev–Trinajstić information content (AvgIpc) is 2.15. The van der Waals surface area contributed by atoms with Crippen molar-refractivity contribution in [2.75, 3.05) is 0 Å². The number of benzene rings is 1. The molecule has 0 aromatic heterocycles. The summed E-state index contributed by atoms with van der Waals surface area (Å²) in [5, 5.41) is 8.52. The SMILES string of the molecule is C=C(C(=O)O)c1ccc(F)c(C(F)(F)F)c1. The zero-order valence-corrected chi connectivity index (χ0v) is 7.81. The van der Waals surface area contributed by atoms with Crippen LogP contribution in [0.25, 0.3) is 5.57 Å². The number of carbonyl (C=O) groups is 1. The van der Waals surface area contributed by atoms with E-state index in [1.54, 1.807) is 0 Å². The van der Waals surface area contributed by atoms with E-state index < -0.39 is 29.1 Å². The predicted molar refractivity (Wildman–Crippen MR) is 48.1 cm³/mol. The van der Waals surface area contributed by atoms with Gasteiger partial charge in [0.1, 0.15) is 5.82 Å². The Labute approximate surface area is 87.8 Å². The first-order chi connectivity index (χ1) is 7.23. The van der Waals surface area contributed by atoms with E-state index in [1.807, 2.05) is 0 Å². The zero-order chi connectivity index (χ0) is 12.5. The molecule has 0 radical (unpaired) electrons. The molecule has 2 nitrogen and oxygen atoms in total. The number of hydrogen-bond acceptors (Lipinski definition) is 1. The largest absolute Gasteiger partial charge is 0.478 e. The normalized spacial score (nSPS) is 11.2. The highest BCUT2D eigenvalue weighted by Crippen LogP contribution is 2.32. The Morgan fingerprint density at radius 1 is 1.31 bits per heavy atom. The van der Waals surface area contributed by atoms with E-state index in [0.717, 1.165) is 6.07 Å². The second kappa shape index (κ2) is 3.96. The molecule has 0 saturated carbocycles. The van der Waals surface area contributed by atoms with Crippen LogP contribution in [-0.2, 0) is 11.0 Å². The van der Waals surface area contributed by atoms with Gasteiger partial charge in [0.25, 0.3) is 0 Å². The van der Waals surface area contributed by atoms with Gasteiger partial charge in [-0.1, -0.05) is 12.6 Å². The summed E-state index contributed by atoms with van der Waals surface area (Å²) in [7, 11) is 0. The van der Waals surface area contributed by atoms with E-state index >= 15 is 0 Å². The van der Waals surface area contributed by atoms with Gasteiger partial charge in [0.15, 0.2) is 0 Å². The van der Waals surface area contributed by atoms with Gasteiger partial charge in [0, 0.05) is 0 Å². The van der Waals surface area contributed by atoms with Crippen LogP contribution in [0.1, 0.15) is 11.1 Å². The Morgan fingerprint density at radius 3 is 2.31 bits per heavy atom. The maximum Gasteiger partial charge on any atom is 0.419 e. The van der Waals surface area contributed by atoms with Crippen LogP contribution in [0.15, 0.2) is 24.8 Å². The van der Waals surface area contributed by atoms with Crippen LogP contribution >= 0.6 is 0 Å². The van der Waals surface area contributed by atoms with Gasteiger partial charge in [-0.3, -0.25) is 0 Å². The molecule has 0 bridgehead atoms. The molecule has 0 unspecified atom stereocenters. The topological polar surface area (TPSA) is 37.3 Å². The fraction of sp³-hybridized carbons (Fsp3) is 0.100. The van der Waals surface area contributed by atoms with Crippen molar-refractivity contribution in [1.29, 1.82) is 0 Å². The zero-order valence-electron chi connectivity index (χ0n) is 7.81. The third-order valence-corrected chi connectivity index (χ3v) is 1.88. The summed E-state index contributed by atoms with van der Waals surface area (Å²) in [6.45, 7) is 3.09. The van der Waals surface area contributed by atoms with Crippen molar-refractivity contribution in [2.24, 2.45) is 0 Å². The third kappa shape index (κ3) is 2.39. The lowest BCUT2D eigenvalue weighted by atomic mass is 10.0.